The molecule has 22 heavy (non-hydrogen) atoms. The first kappa shape index (κ1) is 15.8. The fraction of sp³-hybridized carbons (Fsp3) is 0.188. The Morgan fingerprint density at radius 2 is 1.86 bits per heavy atom. The molecule has 6 heteroatoms. The number of nitrogen functional groups attached to an aromatic ring is 1. The number of halogens is 2. The first-order valence-corrected chi connectivity index (χ1v) is 6.72. The molecule has 0 bridgehead atoms. The predicted octanol–water partition coefficient (Wildman–Crippen LogP) is 3.49. The Labute approximate surface area is 127 Å². The second-order valence-electron chi connectivity index (χ2n) is 5.08. The highest BCUT2D eigenvalue weighted by molar-refractivity contribution is 5.92. The number of carbonyl (C=O) groups is 1. The molecule has 0 aliphatic carbocycles. The van der Waals surface area contributed by atoms with Crippen LogP contribution in [0, 0.1) is 25.5 Å². The third kappa shape index (κ3) is 3.72. The van der Waals surface area contributed by atoms with Crippen LogP contribution in [0.5, 0.6) is 0 Å². The minimum Gasteiger partial charge on any atom is -0.395 e. The summed E-state index contributed by atoms with van der Waals surface area (Å²) in [7, 11) is 0. The Balaban J connectivity index is 2.00. The molecule has 2 aromatic carbocycles. The summed E-state index contributed by atoms with van der Waals surface area (Å²) in [4.78, 5) is 11.8. The highest BCUT2D eigenvalue weighted by Crippen LogP contribution is 2.23. The van der Waals surface area contributed by atoms with Gasteiger partial charge in [0.25, 0.3) is 0 Å². The lowest BCUT2D eigenvalue weighted by Gasteiger charge is -2.11. The van der Waals surface area contributed by atoms with Crippen LogP contribution in [0.1, 0.15) is 16.7 Å². The number of benzene rings is 2. The van der Waals surface area contributed by atoms with E-state index in [4.69, 9.17) is 5.73 Å². The first-order chi connectivity index (χ1) is 10.4. The maximum Gasteiger partial charge on any atom is 0.319 e. The quantitative estimate of drug-likeness (QED) is 0.760. The second-order valence-corrected chi connectivity index (χ2v) is 5.08. The average molecular weight is 305 g/mol. The van der Waals surface area contributed by atoms with E-state index in [1.807, 2.05) is 32.0 Å². The molecule has 0 atom stereocenters. The van der Waals surface area contributed by atoms with Gasteiger partial charge >= 0.3 is 6.03 Å². The van der Waals surface area contributed by atoms with E-state index in [0.29, 0.717) is 12.6 Å². The Morgan fingerprint density at radius 1 is 1.14 bits per heavy atom. The minimum atomic E-state index is -0.913. The van der Waals surface area contributed by atoms with Crippen molar-refractivity contribution >= 4 is 17.4 Å². The zero-order chi connectivity index (χ0) is 16.3. The molecule has 0 aromatic heterocycles. The maximum atomic E-state index is 13.3. The molecule has 0 radical (unpaired) electrons. The molecule has 116 valence electrons. The van der Waals surface area contributed by atoms with Crippen LogP contribution in [0.15, 0.2) is 30.3 Å². The van der Waals surface area contributed by atoms with Gasteiger partial charge in [-0.2, -0.15) is 0 Å². The van der Waals surface area contributed by atoms with E-state index in [2.05, 4.69) is 10.6 Å². The van der Waals surface area contributed by atoms with Gasteiger partial charge in [-0.25, -0.2) is 13.6 Å². The van der Waals surface area contributed by atoms with Gasteiger partial charge in [-0.3, -0.25) is 0 Å². The number of hydrogen-bond donors (Lipinski definition) is 3. The molecular weight excluding hydrogens is 288 g/mol. The number of aryl methyl sites for hydroxylation is 2. The molecular formula is C16H17F2N3O. The van der Waals surface area contributed by atoms with Gasteiger partial charge in [0.15, 0.2) is 5.82 Å². The van der Waals surface area contributed by atoms with Gasteiger partial charge in [0, 0.05) is 12.6 Å². The van der Waals surface area contributed by atoms with Crippen molar-refractivity contribution in [1.82, 2.24) is 5.32 Å². The van der Waals surface area contributed by atoms with Gasteiger partial charge in [0.1, 0.15) is 5.82 Å². The largest absolute Gasteiger partial charge is 0.395 e. The Bertz CT molecular complexity index is 717. The van der Waals surface area contributed by atoms with Crippen LogP contribution < -0.4 is 16.4 Å². The zero-order valence-corrected chi connectivity index (χ0v) is 12.3. The molecule has 2 aromatic rings. The van der Waals surface area contributed by atoms with Gasteiger partial charge in [-0.15, -0.1) is 0 Å². The number of hydrogen-bond acceptors (Lipinski definition) is 2. The lowest BCUT2D eigenvalue weighted by molar-refractivity contribution is 0.251. The van der Waals surface area contributed by atoms with Gasteiger partial charge in [0.05, 0.1) is 11.4 Å². The molecule has 4 nitrogen and oxygen atoms in total. The number of anilines is 2. The lowest BCUT2D eigenvalue weighted by Crippen LogP contribution is -2.28. The smallest absolute Gasteiger partial charge is 0.319 e. The highest BCUT2D eigenvalue weighted by Gasteiger charge is 2.11. The van der Waals surface area contributed by atoms with E-state index in [0.717, 1.165) is 22.8 Å². The number of urea groups is 1. The Hall–Kier alpha value is -2.63. The van der Waals surface area contributed by atoms with Crippen molar-refractivity contribution in [2.75, 3.05) is 11.1 Å². The summed E-state index contributed by atoms with van der Waals surface area (Å²) in [5.41, 5.74) is 8.27. The van der Waals surface area contributed by atoms with Gasteiger partial charge in [-0.05, 0) is 36.6 Å². The van der Waals surface area contributed by atoms with Crippen molar-refractivity contribution < 1.29 is 13.6 Å². The van der Waals surface area contributed by atoms with Crippen molar-refractivity contribution in [1.29, 1.82) is 0 Å². The van der Waals surface area contributed by atoms with Crippen LogP contribution in [0.4, 0.5) is 25.0 Å². The van der Waals surface area contributed by atoms with Crippen LogP contribution in [0.2, 0.25) is 0 Å². The summed E-state index contributed by atoms with van der Waals surface area (Å²) in [6, 6.07) is 6.87. The fourth-order valence-electron chi connectivity index (χ4n) is 1.95. The van der Waals surface area contributed by atoms with E-state index in [9.17, 15) is 13.6 Å². The number of amides is 2. The van der Waals surface area contributed by atoms with E-state index < -0.39 is 17.7 Å². The monoisotopic (exact) mass is 305 g/mol. The zero-order valence-electron chi connectivity index (χ0n) is 12.3. The van der Waals surface area contributed by atoms with Crippen LogP contribution >= 0.6 is 0 Å². The lowest BCUT2D eigenvalue weighted by atomic mass is 10.1. The molecule has 0 spiro atoms. The van der Waals surface area contributed by atoms with Crippen molar-refractivity contribution in [3.8, 4) is 0 Å². The summed E-state index contributed by atoms with van der Waals surface area (Å²) in [6.45, 7) is 4.28. The van der Waals surface area contributed by atoms with Crippen molar-refractivity contribution in [3.05, 3.63) is 58.7 Å². The summed E-state index contributed by atoms with van der Waals surface area (Å²) >= 11 is 0. The molecule has 0 saturated carbocycles. The Morgan fingerprint density at radius 3 is 2.55 bits per heavy atom. The van der Waals surface area contributed by atoms with Crippen molar-refractivity contribution in [2.24, 2.45) is 0 Å². The maximum absolute atomic E-state index is 13.3. The molecule has 2 amide bonds. The number of nitrogens with one attached hydrogen (secondary N) is 2. The number of nitrogens with two attached hydrogens (primary N) is 1. The predicted molar refractivity (Wildman–Crippen MR) is 82.5 cm³/mol. The third-order valence-electron chi connectivity index (χ3n) is 3.37. The molecule has 0 aliphatic heterocycles. The number of rotatable bonds is 3. The van der Waals surface area contributed by atoms with Gasteiger partial charge in [0.2, 0.25) is 0 Å². The van der Waals surface area contributed by atoms with E-state index in [1.165, 1.54) is 0 Å². The molecule has 0 heterocycles. The second kappa shape index (κ2) is 6.43. The molecule has 0 fully saturated rings. The first-order valence-electron chi connectivity index (χ1n) is 6.72. The van der Waals surface area contributed by atoms with Crippen LogP contribution in [0.25, 0.3) is 0 Å². The van der Waals surface area contributed by atoms with Crippen LogP contribution in [-0.2, 0) is 6.54 Å². The summed E-state index contributed by atoms with van der Waals surface area (Å²) < 4.78 is 26.4. The van der Waals surface area contributed by atoms with Crippen LogP contribution in [0.3, 0.4) is 0 Å². The van der Waals surface area contributed by atoms with Gasteiger partial charge in [-0.1, -0.05) is 18.2 Å². The van der Waals surface area contributed by atoms with Crippen LogP contribution in [-0.4, -0.2) is 6.03 Å². The average Bonchev–Trinajstić information content (AvgIpc) is 2.45. The normalized spacial score (nSPS) is 10.4. The SMILES string of the molecule is Cc1ccc(CNC(=O)Nc2cc(F)cc(F)c2N)cc1C. The van der Waals surface area contributed by atoms with E-state index in [-0.39, 0.29) is 11.4 Å². The summed E-state index contributed by atoms with van der Waals surface area (Å²) in [6.07, 6.45) is 0. The topological polar surface area (TPSA) is 67.2 Å². The van der Waals surface area contributed by atoms with E-state index in [1.54, 1.807) is 0 Å². The molecule has 4 N–H and O–H groups in total. The fourth-order valence-corrected chi connectivity index (χ4v) is 1.95. The molecule has 2 rings (SSSR count). The Kier molecular flexibility index (Phi) is 4.60. The van der Waals surface area contributed by atoms with Gasteiger partial charge < -0.3 is 16.4 Å². The highest BCUT2D eigenvalue weighted by atomic mass is 19.1. The van der Waals surface area contributed by atoms with Crippen molar-refractivity contribution in [2.45, 2.75) is 20.4 Å². The summed E-state index contributed by atoms with van der Waals surface area (Å²) in [5, 5.41) is 4.94. The van der Waals surface area contributed by atoms with Crippen molar-refractivity contribution in [3.63, 3.8) is 0 Å². The standard InChI is InChI=1S/C16H17F2N3O/c1-9-3-4-11(5-10(9)2)8-20-16(22)21-14-7-12(17)6-13(18)15(14)19/h3-7H,8,19H2,1-2H3,(H2,20,21,22). The third-order valence-corrected chi connectivity index (χ3v) is 3.37. The molecule has 0 unspecified atom stereocenters. The summed E-state index contributed by atoms with van der Waals surface area (Å²) in [5.74, 6) is -1.72. The molecule has 0 saturated heterocycles. The number of carbonyl (C=O) groups excluding carboxylic acids is 1. The molecule has 0 aliphatic rings. The minimum absolute atomic E-state index is 0.102. The van der Waals surface area contributed by atoms with E-state index >= 15 is 0 Å².